The van der Waals surface area contributed by atoms with Crippen LogP contribution in [0.25, 0.3) is 10.6 Å². The fraction of sp³-hybridized carbons (Fsp3) is 0.760. The van der Waals surface area contributed by atoms with Crippen molar-refractivity contribution in [2.75, 3.05) is 41.3 Å². The Morgan fingerprint density at radius 1 is 0.516 bits per heavy atom. The second-order valence-electron chi connectivity index (χ2n) is 19.5. The third kappa shape index (κ3) is 16.7. The van der Waals surface area contributed by atoms with Crippen LogP contribution in [0.2, 0.25) is 0 Å². The summed E-state index contributed by atoms with van der Waals surface area (Å²) in [6.07, 6.45) is 28.7. The van der Waals surface area contributed by atoms with E-state index in [0.717, 1.165) is 39.0 Å². The molecule has 0 N–H and O–H groups in total. The first-order valence-corrected chi connectivity index (χ1v) is 31.1. The summed E-state index contributed by atoms with van der Waals surface area (Å²) < 4.78 is 0. The van der Waals surface area contributed by atoms with Crippen LogP contribution in [-0.2, 0) is 39.4 Å². The van der Waals surface area contributed by atoms with Crippen LogP contribution in [0.15, 0.2) is 36.4 Å². The molecule has 4 saturated carbocycles. The molecule has 8 rings (SSSR count). The molecule has 0 radical (unpaired) electrons. The number of likely N-dealkylation sites (N-methyl/N-ethyl adjacent to an activating group) is 2. The minimum atomic E-state index is 0.00694. The monoisotopic (exact) mass is 1040 g/mol. The normalized spacial score (nSPS) is 33.0. The number of fused-ring (bicyclic) bond motifs is 8. The summed E-state index contributed by atoms with van der Waals surface area (Å²) in [5.74, 6) is 1.41. The van der Waals surface area contributed by atoms with Gasteiger partial charge in [-0.15, -0.1) is 12.1 Å². The summed E-state index contributed by atoms with van der Waals surface area (Å²) >= 11 is 0.0139. The van der Waals surface area contributed by atoms with Crippen molar-refractivity contribution in [2.45, 2.75) is 191 Å². The molecule has 2 aromatic heterocycles. The first kappa shape index (κ1) is 55.2. The van der Waals surface area contributed by atoms with Crippen molar-refractivity contribution in [3.8, 4) is 0 Å². The van der Waals surface area contributed by atoms with Gasteiger partial charge in [0.1, 0.15) is 0 Å². The van der Waals surface area contributed by atoms with Gasteiger partial charge in [0.2, 0.25) is 0 Å². The number of nitrogens with zero attached hydrogens (tertiary/aromatic N) is 8. The molecule has 10 atom stereocenters. The first-order valence-electron chi connectivity index (χ1n) is 24.6. The molecule has 0 aromatic carbocycles. The number of aromatic nitrogens is 2. The van der Waals surface area contributed by atoms with Gasteiger partial charge in [-0.3, -0.25) is 29.6 Å². The molecule has 64 heavy (non-hydrogen) atoms. The van der Waals surface area contributed by atoms with Crippen molar-refractivity contribution in [3.05, 3.63) is 82.6 Å². The molecule has 366 valence electrons. The average Bonchev–Trinajstić information content (AvgIpc) is 3.32. The van der Waals surface area contributed by atoms with Crippen LogP contribution < -0.4 is 0 Å². The summed E-state index contributed by atoms with van der Waals surface area (Å²) in [7, 11) is 28.4. The van der Waals surface area contributed by atoms with E-state index in [1.807, 2.05) is 0 Å². The van der Waals surface area contributed by atoms with E-state index >= 15 is 0 Å². The zero-order valence-electron chi connectivity index (χ0n) is 39.8. The van der Waals surface area contributed by atoms with Gasteiger partial charge >= 0.3 is 66.7 Å². The summed E-state index contributed by atoms with van der Waals surface area (Å²) in [5, 5.41) is 10.4. The standard InChI is InChI=1S/C26H42N4.C24H38N4.4ClH.2Mn/c1-19-22-14-9-15-23(28-22)20(2)30(4)26-17-8-6-13-24(26)27-18-10-12-21-11-5-7-16-25(21)29(19)3;1-27-17-20-11-7-12-21(26-20)18-28(2)24-15-6-4-13-22(24)25-16-8-10-19-9-3-5-14-23(19)27;;;;;;/h9,12,14-15,19-21,24-26H,5-8,10-11,13,16-18H2,1-4H3;7,10-12,19,22-24H,3-6,8-9,13-18H2,1-2H3;4*1H;;/q2*-2;;;;;2*+2/p-4/t19-,20-,21-,24?,25+,26?;19-,22?,23+,24?;;;;;;/m00....../s1. The predicted octanol–water partition coefficient (Wildman–Crippen LogP) is 13.5. The quantitative estimate of drug-likeness (QED) is 0.193. The van der Waals surface area contributed by atoms with Crippen molar-refractivity contribution < 1.29 is 26.3 Å². The summed E-state index contributed by atoms with van der Waals surface area (Å²) in [6, 6.07) is 17.4. The van der Waals surface area contributed by atoms with Gasteiger partial charge in [0, 0.05) is 25.2 Å². The summed E-state index contributed by atoms with van der Waals surface area (Å²) in [5.41, 5.74) is 4.86. The average molecular weight is 1040 g/mol. The molecule has 4 aliphatic carbocycles. The summed E-state index contributed by atoms with van der Waals surface area (Å²) in [4.78, 5) is 20.5. The van der Waals surface area contributed by atoms with Crippen molar-refractivity contribution >= 4 is 40.4 Å². The molecular formula is C50H80Cl4Mn2N8-4. The maximum atomic E-state index is 5.24. The van der Waals surface area contributed by atoms with Gasteiger partial charge in [-0.05, 0) is 116 Å². The number of hydrogen-bond donors (Lipinski definition) is 0. The molecule has 2 aliphatic heterocycles. The number of pyridine rings is 2. The third-order valence-corrected chi connectivity index (χ3v) is 15.6. The topological polar surface area (TPSA) is 66.9 Å². The van der Waals surface area contributed by atoms with E-state index < -0.39 is 0 Å². The van der Waals surface area contributed by atoms with Crippen molar-refractivity contribution in [2.24, 2.45) is 11.8 Å². The van der Waals surface area contributed by atoms with E-state index in [9.17, 15) is 0 Å². The molecule has 0 saturated heterocycles. The van der Waals surface area contributed by atoms with Gasteiger partial charge in [-0.1, -0.05) is 89.2 Å². The Morgan fingerprint density at radius 2 is 0.906 bits per heavy atom. The second kappa shape index (κ2) is 30.1. The van der Waals surface area contributed by atoms with E-state index in [0.29, 0.717) is 60.2 Å². The minimum absolute atomic E-state index is 0.00694. The Bertz CT molecular complexity index is 1480. The van der Waals surface area contributed by atoms with Crippen LogP contribution in [-0.4, -0.2) is 107 Å². The number of halogens is 4. The molecule has 0 amide bonds. The Labute approximate surface area is 419 Å². The van der Waals surface area contributed by atoms with Crippen molar-refractivity contribution in [1.82, 2.24) is 29.6 Å². The fourth-order valence-corrected chi connectivity index (χ4v) is 11.9. The van der Waals surface area contributed by atoms with Crippen LogP contribution in [0.1, 0.15) is 164 Å². The maximum absolute atomic E-state index is 5.24. The Balaban J connectivity index is 0.000000215. The van der Waals surface area contributed by atoms with Gasteiger partial charge in [0.25, 0.3) is 0 Å². The van der Waals surface area contributed by atoms with Crippen LogP contribution >= 0.6 is 40.4 Å². The number of hydrogen-bond acceptors (Lipinski definition) is 6. The van der Waals surface area contributed by atoms with Gasteiger partial charge in [-0.2, -0.15) is 37.8 Å². The number of rotatable bonds is 0. The van der Waals surface area contributed by atoms with Crippen LogP contribution in [0.4, 0.5) is 0 Å². The fourth-order valence-electron chi connectivity index (χ4n) is 11.9. The molecule has 4 bridgehead atoms. The Hall–Kier alpha value is 0.259. The van der Waals surface area contributed by atoms with Crippen molar-refractivity contribution in [1.29, 1.82) is 0 Å². The van der Waals surface area contributed by atoms with Gasteiger partial charge < -0.3 is 23.5 Å². The Kier molecular flexibility index (Phi) is 26.0. The van der Waals surface area contributed by atoms with E-state index in [4.69, 9.17) is 61.0 Å². The third-order valence-electron chi connectivity index (χ3n) is 15.6. The molecule has 8 nitrogen and oxygen atoms in total. The van der Waals surface area contributed by atoms with Crippen LogP contribution in [0, 0.1) is 24.7 Å². The molecular weight excluding hydrogens is 964 g/mol. The first-order chi connectivity index (χ1) is 31.1. The molecule has 2 aromatic rings. The molecule has 4 fully saturated rings. The van der Waals surface area contributed by atoms with Gasteiger partial charge in [-0.25, -0.2) is 0 Å². The van der Waals surface area contributed by atoms with Crippen LogP contribution in [0.3, 0.4) is 0 Å². The molecule has 0 spiro atoms. The predicted molar refractivity (Wildman–Crippen MR) is 265 cm³/mol. The van der Waals surface area contributed by atoms with Gasteiger partial charge in [0.15, 0.2) is 0 Å². The van der Waals surface area contributed by atoms with E-state index in [2.05, 4.69) is 111 Å². The Morgan fingerprint density at radius 3 is 1.45 bits per heavy atom. The van der Waals surface area contributed by atoms with E-state index in [1.165, 1.54) is 126 Å². The molecule has 4 heterocycles. The second-order valence-corrected chi connectivity index (χ2v) is 23.4. The zero-order valence-corrected chi connectivity index (χ0v) is 45.2. The van der Waals surface area contributed by atoms with E-state index in [-0.39, 0.29) is 26.3 Å². The molecule has 4 unspecified atom stereocenters. The van der Waals surface area contributed by atoms with Gasteiger partial charge in [0.05, 0.1) is 22.8 Å². The molecule has 6 aliphatic rings. The van der Waals surface area contributed by atoms with Crippen LogP contribution in [0.5, 0.6) is 0 Å². The zero-order chi connectivity index (χ0) is 45.8. The summed E-state index contributed by atoms with van der Waals surface area (Å²) in [6.45, 7) is 8.58. The molecule has 14 heteroatoms. The van der Waals surface area contributed by atoms with E-state index in [1.54, 1.807) is 0 Å². The van der Waals surface area contributed by atoms with Crippen molar-refractivity contribution in [3.63, 3.8) is 0 Å². The SMILES string of the molecule is CN1Cc2cccc(n2)CN(C)[C@@H]2CCCC[C@H]2[CH-]CC[N-]C2CCCCC21.C[C@H]1c2cccc(n2)[C@H](C)N(C)[C@@H]2CCCC[C@H]2[CH-]CC[N-]C2CCCCC2N1C.[Cl][Mn][Cl].[Cl][Mn][Cl].